The van der Waals surface area contributed by atoms with Crippen LogP contribution in [0, 0.1) is 11.3 Å². The second-order valence-corrected chi connectivity index (χ2v) is 8.25. The average Bonchev–Trinajstić information content (AvgIpc) is 3.26. The lowest BCUT2D eigenvalue weighted by molar-refractivity contribution is -0.136. The number of allylic oxidation sites excluding steroid dienone is 1. The Labute approximate surface area is 185 Å². The van der Waals surface area contributed by atoms with Crippen molar-refractivity contribution < 1.29 is 19.0 Å². The summed E-state index contributed by atoms with van der Waals surface area (Å²) in [5.41, 5.74) is 7.13. The van der Waals surface area contributed by atoms with E-state index in [0.717, 1.165) is 14.9 Å². The molecular formula is C22H15BrN2O4S. The van der Waals surface area contributed by atoms with Gasteiger partial charge in [-0.05, 0) is 41.8 Å². The minimum absolute atomic E-state index is 0.0467. The van der Waals surface area contributed by atoms with E-state index in [-0.39, 0.29) is 18.4 Å². The first-order valence-corrected chi connectivity index (χ1v) is 10.6. The van der Waals surface area contributed by atoms with Crippen molar-refractivity contribution in [2.24, 2.45) is 5.73 Å². The number of carbonyl (C=O) groups excluding carboxylic acids is 1. The number of thiophene rings is 1. The molecule has 30 heavy (non-hydrogen) atoms. The van der Waals surface area contributed by atoms with Crippen molar-refractivity contribution in [3.8, 4) is 23.3 Å². The van der Waals surface area contributed by atoms with Gasteiger partial charge in [0.15, 0.2) is 6.61 Å². The molecule has 0 spiro atoms. The van der Waals surface area contributed by atoms with Crippen LogP contribution >= 0.6 is 27.3 Å². The molecular weight excluding hydrogens is 468 g/mol. The molecule has 0 saturated carbocycles. The molecule has 6 nitrogen and oxygen atoms in total. The summed E-state index contributed by atoms with van der Waals surface area (Å²) in [6.45, 7) is -0.238. The van der Waals surface area contributed by atoms with Crippen molar-refractivity contribution in [3.05, 3.63) is 86.3 Å². The number of hydrogen-bond donors (Lipinski definition) is 1. The summed E-state index contributed by atoms with van der Waals surface area (Å²) in [5, 5.41) is 11.5. The first-order chi connectivity index (χ1) is 14.5. The van der Waals surface area contributed by atoms with Gasteiger partial charge in [-0.3, -0.25) is 0 Å². The Kier molecular flexibility index (Phi) is 5.74. The molecule has 2 N–H and O–H groups in total. The number of nitrogens with two attached hydrogens (primary N) is 1. The maximum Gasteiger partial charge on any atom is 0.349 e. The largest absolute Gasteiger partial charge is 0.482 e. The van der Waals surface area contributed by atoms with Crippen molar-refractivity contribution in [2.75, 3.05) is 6.61 Å². The topological polar surface area (TPSA) is 94.6 Å². The third kappa shape index (κ3) is 4.17. The van der Waals surface area contributed by atoms with Crippen molar-refractivity contribution in [1.29, 1.82) is 5.26 Å². The van der Waals surface area contributed by atoms with Crippen LogP contribution in [0.4, 0.5) is 0 Å². The third-order valence-corrected chi connectivity index (χ3v) is 5.89. The van der Waals surface area contributed by atoms with Crippen molar-refractivity contribution in [3.63, 3.8) is 0 Å². The van der Waals surface area contributed by atoms with Crippen LogP contribution in [0.25, 0.3) is 0 Å². The van der Waals surface area contributed by atoms with Gasteiger partial charge in [-0.1, -0.05) is 28.1 Å². The minimum Gasteiger partial charge on any atom is -0.482 e. The molecule has 0 fully saturated rings. The van der Waals surface area contributed by atoms with Crippen LogP contribution in [0.2, 0.25) is 0 Å². The SMILES string of the molecule is N#CC1=C(N)Oc2cc(OC(=O)COc3ccc(Br)cc3)ccc2C1c1cccs1. The van der Waals surface area contributed by atoms with E-state index < -0.39 is 5.97 Å². The normalized spacial score (nSPS) is 15.0. The van der Waals surface area contributed by atoms with Gasteiger partial charge in [0.1, 0.15) is 28.9 Å². The smallest absolute Gasteiger partial charge is 0.349 e. The highest BCUT2D eigenvalue weighted by Crippen LogP contribution is 2.44. The number of benzene rings is 2. The molecule has 0 saturated heterocycles. The van der Waals surface area contributed by atoms with Crippen molar-refractivity contribution >= 4 is 33.2 Å². The number of nitrogens with zero attached hydrogens (tertiary/aromatic N) is 1. The van der Waals surface area contributed by atoms with Crippen LogP contribution in [0.5, 0.6) is 17.2 Å². The average molecular weight is 483 g/mol. The van der Waals surface area contributed by atoms with Crippen LogP contribution < -0.4 is 19.9 Å². The molecule has 1 unspecified atom stereocenters. The molecule has 3 aromatic rings. The molecule has 2 heterocycles. The lowest BCUT2D eigenvalue weighted by Crippen LogP contribution is -2.21. The van der Waals surface area contributed by atoms with Gasteiger partial charge in [0.2, 0.25) is 5.88 Å². The van der Waals surface area contributed by atoms with Gasteiger partial charge in [-0.15, -0.1) is 11.3 Å². The molecule has 1 aromatic heterocycles. The van der Waals surface area contributed by atoms with E-state index in [2.05, 4.69) is 22.0 Å². The Bertz CT molecular complexity index is 1150. The van der Waals surface area contributed by atoms with Crippen molar-refractivity contribution in [2.45, 2.75) is 5.92 Å². The van der Waals surface area contributed by atoms with Crippen LogP contribution in [0.15, 0.2) is 75.9 Å². The first-order valence-electron chi connectivity index (χ1n) is 8.89. The lowest BCUT2D eigenvalue weighted by Gasteiger charge is -2.25. The van der Waals surface area contributed by atoms with Gasteiger partial charge in [-0.2, -0.15) is 5.26 Å². The zero-order chi connectivity index (χ0) is 21.1. The summed E-state index contributed by atoms with van der Waals surface area (Å²) in [4.78, 5) is 13.1. The van der Waals surface area contributed by atoms with Gasteiger partial charge in [0.25, 0.3) is 0 Å². The fourth-order valence-electron chi connectivity index (χ4n) is 3.08. The highest BCUT2D eigenvalue weighted by Gasteiger charge is 2.31. The van der Waals surface area contributed by atoms with E-state index in [1.807, 2.05) is 29.6 Å². The van der Waals surface area contributed by atoms with E-state index in [0.29, 0.717) is 22.8 Å². The number of ether oxygens (including phenoxy) is 3. The zero-order valence-corrected chi connectivity index (χ0v) is 17.9. The van der Waals surface area contributed by atoms with Crippen LogP contribution in [-0.4, -0.2) is 12.6 Å². The highest BCUT2D eigenvalue weighted by atomic mass is 79.9. The van der Waals surface area contributed by atoms with Gasteiger partial charge in [0.05, 0.1) is 5.92 Å². The molecule has 0 radical (unpaired) electrons. The Morgan fingerprint density at radius 1 is 1.20 bits per heavy atom. The van der Waals surface area contributed by atoms with Gasteiger partial charge in [-0.25, -0.2) is 4.79 Å². The van der Waals surface area contributed by atoms with Gasteiger partial charge in [0, 0.05) is 21.0 Å². The molecule has 1 aliphatic heterocycles. The summed E-state index contributed by atoms with van der Waals surface area (Å²) in [7, 11) is 0. The van der Waals surface area contributed by atoms with Gasteiger partial charge < -0.3 is 19.9 Å². The number of esters is 1. The monoisotopic (exact) mass is 482 g/mol. The number of fused-ring (bicyclic) bond motifs is 1. The van der Waals surface area contributed by atoms with E-state index in [9.17, 15) is 10.1 Å². The zero-order valence-electron chi connectivity index (χ0n) is 15.5. The summed E-state index contributed by atoms with van der Waals surface area (Å²) in [6, 6.07) is 18.2. The number of hydrogen-bond acceptors (Lipinski definition) is 7. The summed E-state index contributed by atoms with van der Waals surface area (Å²) in [6.07, 6.45) is 0. The first kappa shape index (κ1) is 20.0. The standard InChI is InChI=1S/C22H15BrN2O4S/c23-13-3-5-14(6-4-13)27-12-20(26)28-15-7-8-16-18(10-15)29-22(25)17(11-24)21(16)19-2-1-9-30-19/h1-10,21H,12,25H2. The predicted molar refractivity (Wildman–Crippen MR) is 115 cm³/mol. The Morgan fingerprint density at radius 3 is 2.67 bits per heavy atom. The molecule has 0 aliphatic carbocycles. The van der Waals surface area contributed by atoms with Crippen molar-refractivity contribution in [1.82, 2.24) is 0 Å². The molecule has 2 aromatic carbocycles. The van der Waals surface area contributed by atoms with E-state index in [1.54, 1.807) is 30.3 Å². The van der Waals surface area contributed by atoms with Crippen LogP contribution in [0.1, 0.15) is 16.4 Å². The third-order valence-electron chi connectivity index (χ3n) is 4.42. The number of carbonyl (C=O) groups is 1. The second kappa shape index (κ2) is 8.61. The summed E-state index contributed by atoms with van der Waals surface area (Å²) < 4.78 is 17.4. The van der Waals surface area contributed by atoms with Crippen LogP contribution in [-0.2, 0) is 4.79 Å². The Hall–Kier alpha value is -3.28. The Morgan fingerprint density at radius 2 is 1.97 bits per heavy atom. The summed E-state index contributed by atoms with van der Waals surface area (Å²) in [5.74, 6) is 0.490. The minimum atomic E-state index is -0.551. The Balaban J connectivity index is 1.51. The molecule has 8 heteroatoms. The van der Waals surface area contributed by atoms with Crippen LogP contribution in [0.3, 0.4) is 0 Å². The fourth-order valence-corrected chi connectivity index (χ4v) is 4.20. The second-order valence-electron chi connectivity index (χ2n) is 6.36. The molecule has 1 atom stereocenters. The quantitative estimate of drug-likeness (QED) is 0.417. The molecule has 4 rings (SSSR count). The maximum atomic E-state index is 12.2. The highest BCUT2D eigenvalue weighted by molar-refractivity contribution is 9.10. The molecule has 150 valence electrons. The number of rotatable bonds is 5. The predicted octanol–water partition coefficient (Wildman–Crippen LogP) is 4.71. The lowest BCUT2D eigenvalue weighted by atomic mass is 9.88. The fraction of sp³-hybridized carbons (Fsp3) is 0.0909. The maximum absolute atomic E-state index is 12.2. The molecule has 0 amide bonds. The number of nitriles is 1. The molecule has 0 bridgehead atoms. The van der Waals surface area contributed by atoms with Gasteiger partial charge >= 0.3 is 5.97 Å². The van der Waals surface area contributed by atoms with E-state index in [1.165, 1.54) is 11.3 Å². The number of halogens is 1. The molecule has 1 aliphatic rings. The summed E-state index contributed by atoms with van der Waals surface area (Å²) >= 11 is 4.87. The van der Waals surface area contributed by atoms with E-state index >= 15 is 0 Å². The van der Waals surface area contributed by atoms with E-state index in [4.69, 9.17) is 19.9 Å².